The van der Waals surface area contributed by atoms with E-state index in [2.05, 4.69) is 19.2 Å². The van der Waals surface area contributed by atoms with E-state index in [4.69, 9.17) is 0 Å². The Morgan fingerprint density at radius 1 is 1.36 bits per heavy atom. The van der Waals surface area contributed by atoms with Gasteiger partial charge in [-0.1, -0.05) is 19.8 Å². The third kappa shape index (κ3) is 5.22. The van der Waals surface area contributed by atoms with Crippen LogP contribution in [0.4, 0.5) is 0 Å². The molecule has 0 aromatic rings. The quantitative estimate of drug-likeness (QED) is 0.707. The van der Waals surface area contributed by atoms with E-state index in [1.165, 1.54) is 12.8 Å². The molecule has 0 rings (SSSR count). The molecular formula is C11H24N2O. The van der Waals surface area contributed by atoms with Gasteiger partial charge in [0.2, 0.25) is 5.91 Å². The van der Waals surface area contributed by atoms with Crippen LogP contribution < -0.4 is 5.32 Å². The van der Waals surface area contributed by atoms with Gasteiger partial charge in [0, 0.05) is 20.1 Å². The highest BCUT2D eigenvalue weighted by Gasteiger charge is 2.16. The van der Waals surface area contributed by atoms with E-state index in [0.717, 1.165) is 6.42 Å². The first kappa shape index (κ1) is 13.4. The predicted octanol–water partition coefficient (Wildman–Crippen LogP) is 1.63. The summed E-state index contributed by atoms with van der Waals surface area (Å²) >= 11 is 0. The van der Waals surface area contributed by atoms with E-state index in [1.54, 1.807) is 19.0 Å². The Morgan fingerprint density at radius 3 is 2.36 bits per heavy atom. The summed E-state index contributed by atoms with van der Waals surface area (Å²) in [5.74, 6) is 0.147. The molecule has 3 heteroatoms. The summed E-state index contributed by atoms with van der Waals surface area (Å²) in [7, 11) is 3.58. The SMILES string of the molecule is CCCCC(C)N[C@H](C)C(=O)N(C)C. The number of unbranched alkanes of at least 4 members (excludes halogenated alkanes) is 1. The number of hydrogen-bond acceptors (Lipinski definition) is 2. The van der Waals surface area contributed by atoms with Crippen LogP contribution in [0.25, 0.3) is 0 Å². The number of nitrogens with one attached hydrogen (secondary N) is 1. The van der Waals surface area contributed by atoms with E-state index < -0.39 is 0 Å². The normalized spacial score (nSPS) is 14.9. The molecule has 0 fully saturated rings. The maximum atomic E-state index is 11.5. The fraction of sp³-hybridized carbons (Fsp3) is 0.909. The number of carbonyl (C=O) groups is 1. The van der Waals surface area contributed by atoms with E-state index in [1.807, 2.05) is 6.92 Å². The lowest BCUT2D eigenvalue weighted by molar-refractivity contribution is -0.130. The van der Waals surface area contributed by atoms with E-state index in [-0.39, 0.29) is 11.9 Å². The second kappa shape index (κ2) is 6.82. The minimum absolute atomic E-state index is 0.0724. The highest BCUT2D eigenvalue weighted by molar-refractivity contribution is 5.80. The minimum Gasteiger partial charge on any atom is -0.347 e. The molecular weight excluding hydrogens is 176 g/mol. The van der Waals surface area contributed by atoms with Gasteiger partial charge >= 0.3 is 0 Å². The molecule has 0 heterocycles. The van der Waals surface area contributed by atoms with Gasteiger partial charge in [0.1, 0.15) is 0 Å². The highest BCUT2D eigenvalue weighted by atomic mass is 16.2. The van der Waals surface area contributed by atoms with Gasteiger partial charge in [0.15, 0.2) is 0 Å². The molecule has 0 aliphatic rings. The Labute approximate surface area is 87.9 Å². The molecule has 0 bridgehead atoms. The number of carbonyl (C=O) groups excluding carboxylic acids is 1. The molecule has 0 saturated carbocycles. The maximum absolute atomic E-state index is 11.5. The van der Waals surface area contributed by atoms with E-state index in [9.17, 15) is 4.79 Å². The van der Waals surface area contributed by atoms with Crippen molar-refractivity contribution in [1.29, 1.82) is 0 Å². The average molecular weight is 200 g/mol. The smallest absolute Gasteiger partial charge is 0.238 e. The van der Waals surface area contributed by atoms with Crippen molar-refractivity contribution in [2.24, 2.45) is 0 Å². The highest BCUT2D eigenvalue weighted by Crippen LogP contribution is 2.01. The fourth-order valence-corrected chi connectivity index (χ4v) is 1.48. The molecule has 0 aliphatic heterocycles. The van der Waals surface area contributed by atoms with Crippen LogP contribution in [0.5, 0.6) is 0 Å². The first-order chi connectivity index (χ1) is 6.49. The lowest BCUT2D eigenvalue weighted by Crippen LogP contribution is -2.45. The second-order valence-corrected chi connectivity index (χ2v) is 4.16. The van der Waals surface area contributed by atoms with Gasteiger partial charge < -0.3 is 10.2 Å². The third-order valence-electron chi connectivity index (χ3n) is 2.34. The van der Waals surface area contributed by atoms with Crippen molar-refractivity contribution in [2.75, 3.05) is 14.1 Å². The van der Waals surface area contributed by atoms with Crippen LogP contribution in [0.1, 0.15) is 40.0 Å². The zero-order valence-electron chi connectivity index (χ0n) is 10.1. The molecule has 2 atom stereocenters. The molecule has 1 amide bonds. The summed E-state index contributed by atoms with van der Waals surface area (Å²) in [6.45, 7) is 6.24. The van der Waals surface area contributed by atoms with Crippen molar-refractivity contribution in [1.82, 2.24) is 10.2 Å². The van der Waals surface area contributed by atoms with Crippen molar-refractivity contribution in [2.45, 2.75) is 52.1 Å². The molecule has 0 aliphatic carbocycles. The largest absolute Gasteiger partial charge is 0.347 e. The fourth-order valence-electron chi connectivity index (χ4n) is 1.48. The molecule has 0 aromatic heterocycles. The number of rotatable bonds is 6. The zero-order valence-corrected chi connectivity index (χ0v) is 10.1. The maximum Gasteiger partial charge on any atom is 0.238 e. The molecule has 3 nitrogen and oxygen atoms in total. The van der Waals surface area contributed by atoms with Gasteiger partial charge in [-0.05, 0) is 20.3 Å². The molecule has 0 radical (unpaired) electrons. The third-order valence-corrected chi connectivity index (χ3v) is 2.34. The average Bonchev–Trinajstić information content (AvgIpc) is 2.13. The van der Waals surface area contributed by atoms with Crippen LogP contribution in [-0.4, -0.2) is 37.0 Å². The molecule has 1 unspecified atom stereocenters. The Morgan fingerprint density at radius 2 is 1.93 bits per heavy atom. The standard InChI is InChI=1S/C11H24N2O/c1-6-7-8-9(2)12-10(3)11(14)13(4)5/h9-10,12H,6-8H2,1-5H3/t9?,10-/m1/s1. The molecule has 0 saturated heterocycles. The molecule has 84 valence electrons. The lowest BCUT2D eigenvalue weighted by Gasteiger charge is -2.22. The second-order valence-electron chi connectivity index (χ2n) is 4.16. The molecule has 1 N–H and O–H groups in total. The topological polar surface area (TPSA) is 32.3 Å². The predicted molar refractivity (Wildman–Crippen MR) is 60.3 cm³/mol. The van der Waals surface area contributed by atoms with Crippen molar-refractivity contribution in [3.8, 4) is 0 Å². The van der Waals surface area contributed by atoms with Crippen molar-refractivity contribution < 1.29 is 4.79 Å². The van der Waals surface area contributed by atoms with Gasteiger partial charge in [-0.2, -0.15) is 0 Å². The van der Waals surface area contributed by atoms with Crippen LogP contribution in [0.3, 0.4) is 0 Å². The van der Waals surface area contributed by atoms with Crippen LogP contribution in [0.2, 0.25) is 0 Å². The van der Waals surface area contributed by atoms with Crippen molar-refractivity contribution >= 4 is 5.91 Å². The van der Waals surface area contributed by atoms with Crippen LogP contribution in [0, 0.1) is 0 Å². The van der Waals surface area contributed by atoms with Gasteiger partial charge in [0.05, 0.1) is 6.04 Å². The van der Waals surface area contributed by atoms with E-state index in [0.29, 0.717) is 6.04 Å². The summed E-state index contributed by atoms with van der Waals surface area (Å²) in [6, 6.07) is 0.353. The van der Waals surface area contributed by atoms with Crippen LogP contribution >= 0.6 is 0 Å². The van der Waals surface area contributed by atoms with Gasteiger partial charge in [0.25, 0.3) is 0 Å². The van der Waals surface area contributed by atoms with Gasteiger partial charge in [-0.15, -0.1) is 0 Å². The Bertz CT molecular complexity index is 169. The number of nitrogens with zero attached hydrogens (tertiary/aromatic N) is 1. The molecule has 0 aromatic carbocycles. The first-order valence-electron chi connectivity index (χ1n) is 5.46. The number of amides is 1. The van der Waals surface area contributed by atoms with Crippen LogP contribution in [0.15, 0.2) is 0 Å². The zero-order chi connectivity index (χ0) is 11.1. The Balaban J connectivity index is 3.80. The lowest BCUT2D eigenvalue weighted by atomic mass is 10.1. The summed E-state index contributed by atoms with van der Waals surface area (Å²) in [4.78, 5) is 13.1. The van der Waals surface area contributed by atoms with Crippen LogP contribution in [-0.2, 0) is 4.79 Å². The number of hydrogen-bond donors (Lipinski definition) is 1. The van der Waals surface area contributed by atoms with Crippen molar-refractivity contribution in [3.05, 3.63) is 0 Å². The Kier molecular flexibility index (Phi) is 6.54. The number of likely N-dealkylation sites (N-methyl/N-ethyl adjacent to an activating group) is 1. The monoisotopic (exact) mass is 200 g/mol. The van der Waals surface area contributed by atoms with Gasteiger partial charge in [-0.3, -0.25) is 4.79 Å². The summed E-state index contributed by atoms with van der Waals surface area (Å²) < 4.78 is 0. The summed E-state index contributed by atoms with van der Waals surface area (Å²) in [5, 5.41) is 3.30. The molecule has 0 spiro atoms. The summed E-state index contributed by atoms with van der Waals surface area (Å²) in [6.07, 6.45) is 3.57. The Hall–Kier alpha value is -0.570. The van der Waals surface area contributed by atoms with Gasteiger partial charge in [-0.25, -0.2) is 0 Å². The van der Waals surface area contributed by atoms with Crippen molar-refractivity contribution in [3.63, 3.8) is 0 Å². The first-order valence-corrected chi connectivity index (χ1v) is 5.46. The summed E-state index contributed by atoms with van der Waals surface area (Å²) in [5.41, 5.74) is 0. The minimum atomic E-state index is -0.0724. The van der Waals surface area contributed by atoms with E-state index >= 15 is 0 Å². The molecule has 14 heavy (non-hydrogen) atoms.